The number of nitrogens with one attached hydrogen (secondary N) is 2. The van der Waals surface area contributed by atoms with Gasteiger partial charge in [0.15, 0.2) is 6.61 Å². The first-order valence-corrected chi connectivity index (χ1v) is 7.36. The van der Waals surface area contributed by atoms with E-state index in [1.54, 1.807) is 0 Å². The number of imide groups is 1. The minimum absolute atomic E-state index is 0.0480. The lowest BCUT2D eigenvalue weighted by Crippen LogP contribution is -2.32. The number of benzene rings is 1. The molecular formula is C15H15F2N3O5. The molecule has 1 saturated heterocycles. The molecule has 4 amide bonds. The molecule has 0 saturated carbocycles. The molecule has 10 heteroatoms. The van der Waals surface area contributed by atoms with Gasteiger partial charge < -0.3 is 15.4 Å². The van der Waals surface area contributed by atoms with Crippen LogP contribution >= 0.6 is 0 Å². The van der Waals surface area contributed by atoms with E-state index in [2.05, 4.69) is 10.1 Å². The van der Waals surface area contributed by atoms with Gasteiger partial charge in [0, 0.05) is 13.0 Å². The highest BCUT2D eigenvalue weighted by atomic mass is 19.1. The smallest absolute Gasteiger partial charge is 0.324 e. The van der Waals surface area contributed by atoms with Crippen LogP contribution in [0.4, 0.5) is 19.3 Å². The van der Waals surface area contributed by atoms with Crippen molar-refractivity contribution >= 4 is 29.5 Å². The molecule has 0 radical (unpaired) electrons. The maximum absolute atomic E-state index is 13.4. The summed E-state index contributed by atoms with van der Waals surface area (Å²) in [7, 11) is 0. The lowest BCUT2D eigenvalue weighted by atomic mass is 10.3. The summed E-state index contributed by atoms with van der Waals surface area (Å²) < 4.78 is 31.4. The number of carbonyl (C=O) groups is 4. The van der Waals surface area contributed by atoms with Crippen LogP contribution in [0.1, 0.15) is 12.8 Å². The van der Waals surface area contributed by atoms with Gasteiger partial charge in [-0.1, -0.05) is 6.07 Å². The predicted molar refractivity (Wildman–Crippen MR) is 80.3 cm³/mol. The fourth-order valence-electron chi connectivity index (χ4n) is 2.07. The quantitative estimate of drug-likeness (QED) is 0.555. The number of rotatable bonds is 7. The Kier molecular flexibility index (Phi) is 5.98. The van der Waals surface area contributed by atoms with Crippen LogP contribution in [0.5, 0.6) is 0 Å². The first-order chi connectivity index (χ1) is 11.9. The summed E-state index contributed by atoms with van der Waals surface area (Å²) in [6.45, 7) is -0.738. The molecule has 1 fully saturated rings. The molecule has 0 atom stereocenters. The molecule has 0 aliphatic carbocycles. The zero-order valence-electron chi connectivity index (χ0n) is 13.0. The molecule has 0 spiro atoms. The monoisotopic (exact) mass is 355 g/mol. The van der Waals surface area contributed by atoms with E-state index in [1.807, 2.05) is 5.32 Å². The van der Waals surface area contributed by atoms with Crippen molar-refractivity contribution in [3.8, 4) is 0 Å². The van der Waals surface area contributed by atoms with Gasteiger partial charge in [0.05, 0.1) is 6.54 Å². The van der Waals surface area contributed by atoms with Crippen LogP contribution in [0.3, 0.4) is 0 Å². The van der Waals surface area contributed by atoms with E-state index in [1.165, 1.54) is 0 Å². The second kappa shape index (κ2) is 8.18. The molecule has 1 aromatic carbocycles. The third-order valence-corrected chi connectivity index (χ3v) is 3.29. The van der Waals surface area contributed by atoms with E-state index in [-0.39, 0.29) is 31.8 Å². The Morgan fingerprint density at radius 3 is 2.52 bits per heavy atom. The van der Waals surface area contributed by atoms with Crippen LogP contribution in [0, 0.1) is 11.6 Å². The molecule has 2 rings (SSSR count). The first-order valence-electron chi connectivity index (χ1n) is 7.36. The van der Waals surface area contributed by atoms with Gasteiger partial charge in [0.25, 0.3) is 5.91 Å². The molecule has 134 valence electrons. The standard InChI is InChI=1S/C15H15F2N3O5/c16-9-3-1-4-10(17)14(9)19-11(21)8-25-13(23)5-2-6-20-12(22)7-18-15(20)24/h1,3-4H,2,5-8H2,(H,18,24)(H,19,21). The van der Waals surface area contributed by atoms with Crippen molar-refractivity contribution in [3.05, 3.63) is 29.8 Å². The molecule has 0 bridgehead atoms. The van der Waals surface area contributed by atoms with E-state index in [4.69, 9.17) is 0 Å². The van der Waals surface area contributed by atoms with Gasteiger partial charge in [-0.3, -0.25) is 19.3 Å². The number of para-hydroxylation sites is 1. The number of hydrogen-bond acceptors (Lipinski definition) is 5. The van der Waals surface area contributed by atoms with Gasteiger partial charge in [-0.05, 0) is 18.6 Å². The predicted octanol–water partition coefficient (Wildman–Crippen LogP) is 0.778. The van der Waals surface area contributed by atoms with Crippen molar-refractivity contribution in [2.75, 3.05) is 25.0 Å². The van der Waals surface area contributed by atoms with Crippen molar-refractivity contribution in [2.24, 2.45) is 0 Å². The van der Waals surface area contributed by atoms with Crippen LogP contribution in [-0.2, 0) is 19.1 Å². The summed E-state index contributed by atoms with van der Waals surface area (Å²) in [5.74, 6) is -3.92. The molecule has 0 aromatic heterocycles. The summed E-state index contributed by atoms with van der Waals surface area (Å²) in [5, 5.41) is 4.31. The lowest BCUT2D eigenvalue weighted by molar-refractivity contribution is -0.147. The van der Waals surface area contributed by atoms with Crippen LogP contribution in [-0.4, -0.2) is 48.4 Å². The van der Waals surface area contributed by atoms with Crippen LogP contribution in [0.25, 0.3) is 0 Å². The lowest BCUT2D eigenvalue weighted by Gasteiger charge is -2.11. The Hall–Kier alpha value is -3.04. The molecule has 2 N–H and O–H groups in total. The SMILES string of the molecule is O=C(COC(=O)CCCN1C(=O)CNC1=O)Nc1c(F)cccc1F. The Morgan fingerprint density at radius 1 is 1.24 bits per heavy atom. The average Bonchev–Trinajstić information content (AvgIpc) is 2.88. The average molecular weight is 355 g/mol. The minimum Gasteiger partial charge on any atom is -0.456 e. The minimum atomic E-state index is -0.951. The number of hydrogen-bond donors (Lipinski definition) is 2. The Morgan fingerprint density at radius 2 is 1.92 bits per heavy atom. The second-order valence-corrected chi connectivity index (χ2v) is 5.11. The third-order valence-electron chi connectivity index (χ3n) is 3.29. The molecular weight excluding hydrogens is 340 g/mol. The maximum atomic E-state index is 13.4. The van der Waals surface area contributed by atoms with Crippen molar-refractivity contribution in [2.45, 2.75) is 12.8 Å². The third kappa shape index (κ3) is 4.96. The van der Waals surface area contributed by atoms with Crippen molar-refractivity contribution in [1.82, 2.24) is 10.2 Å². The Bertz CT molecular complexity index is 674. The van der Waals surface area contributed by atoms with E-state index in [9.17, 15) is 28.0 Å². The van der Waals surface area contributed by atoms with E-state index >= 15 is 0 Å². The van der Waals surface area contributed by atoms with E-state index in [0.717, 1.165) is 23.1 Å². The maximum Gasteiger partial charge on any atom is 0.324 e. The zero-order chi connectivity index (χ0) is 18.4. The number of halogens is 2. The van der Waals surface area contributed by atoms with Gasteiger partial charge in [-0.25, -0.2) is 13.6 Å². The molecule has 1 heterocycles. The first kappa shape index (κ1) is 18.3. The summed E-state index contributed by atoms with van der Waals surface area (Å²) in [4.78, 5) is 46.6. The Labute approximate surface area is 141 Å². The number of esters is 1. The molecule has 0 unspecified atom stereocenters. The zero-order valence-corrected chi connectivity index (χ0v) is 13.0. The molecule has 25 heavy (non-hydrogen) atoms. The molecule has 1 aromatic rings. The number of ether oxygens (including phenoxy) is 1. The van der Waals surface area contributed by atoms with Crippen LogP contribution in [0.2, 0.25) is 0 Å². The van der Waals surface area contributed by atoms with Crippen LogP contribution < -0.4 is 10.6 Å². The molecule has 8 nitrogen and oxygen atoms in total. The van der Waals surface area contributed by atoms with Gasteiger partial charge in [0.2, 0.25) is 5.91 Å². The number of nitrogens with zero attached hydrogens (tertiary/aromatic N) is 1. The summed E-state index contributed by atoms with van der Waals surface area (Å²) in [6, 6.07) is 2.57. The number of anilines is 1. The molecule has 1 aliphatic heterocycles. The fourth-order valence-corrected chi connectivity index (χ4v) is 2.07. The van der Waals surface area contributed by atoms with Gasteiger partial charge in [-0.2, -0.15) is 0 Å². The van der Waals surface area contributed by atoms with Gasteiger partial charge in [-0.15, -0.1) is 0 Å². The summed E-state index contributed by atoms with van der Waals surface area (Å²) in [5.41, 5.74) is -0.623. The number of carbonyl (C=O) groups excluding carboxylic acids is 4. The molecule has 1 aliphatic rings. The normalized spacial score (nSPS) is 13.6. The Balaban J connectivity index is 1.70. The highest BCUT2D eigenvalue weighted by Crippen LogP contribution is 2.17. The van der Waals surface area contributed by atoms with Gasteiger partial charge >= 0.3 is 12.0 Å². The summed E-state index contributed by atoms with van der Waals surface area (Å²) >= 11 is 0. The van der Waals surface area contributed by atoms with E-state index in [0.29, 0.717) is 0 Å². The topological polar surface area (TPSA) is 105 Å². The second-order valence-electron chi connectivity index (χ2n) is 5.11. The number of amides is 4. The fraction of sp³-hybridized carbons (Fsp3) is 0.333. The van der Waals surface area contributed by atoms with Crippen LogP contribution in [0.15, 0.2) is 18.2 Å². The van der Waals surface area contributed by atoms with E-state index < -0.39 is 41.8 Å². The highest BCUT2D eigenvalue weighted by molar-refractivity contribution is 6.01. The highest BCUT2D eigenvalue weighted by Gasteiger charge is 2.27. The van der Waals surface area contributed by atoms with Gasteiger partial charge in [0.1, 0.15) is 17.3 Å². The van der Waals surface area contributed by atoms with Crippen molar-refractivity contribution in [3.63, 3.8) is 0 Å². The van der Waals surface area contributed by atoms with Crippen molar-refractivity contribution in [1.29, 1.82) is 0 Å². The summed E-state index contributed by atoms with van der Waals surface area (Å²) in [6.07, 6.45) is 0.0416. The largest absolute Gasteiger partial charge is 0.456 e. The van der Waals surface area contributed by atoms with Crippen molar-refractivity contribution < 1.29 is 32.7 Å². The number of urea groups is 1.